The number of carbonyl (C=O) groups is 1. The monoisotopic (exact) mass is 318 g/mol. The maximum Gasteiger partial charge on any atom is 0.244 e. The van der Waals surface area contributed by atoms with Crippen LogP contribution in [-0.2, 0) is 11.2 Å². The van der Waals surface area contributed by atoms with E-state index < -0.39 is 0 Å². The Kier molecular flexibility index (Phi) is 5.38. The minimum absolute atomic E-state index is 0.0963. The fourth-order valence-electron chi connectivity index (χ4n) is 1.85. The van der Waals surface area contributed by atoms with Gasteiger partial charge in [0.05, 0.1) is 19.7 Å². The number of carbonyl (C=O) groups excluding carboxylic acids is 1. The van der Waals surface area contributed by atoms with Crippen molar-refractivity contribution in [3.63, 3.8) is 0 Å². The third-order valence-corrected chi connectivity index (χ3v) is 3.10. The van der Waals surface area contributed by atoms with E-state index in [1.807, 2.05) is 6.07 Å². The van der Waals surface area contributed by atoms with Gasteiger partial charge >= 0.3 is 0 Å². The Morgan fingerprint density at radius 3 is 2.91 bits per heavy atom. The summed E-state index contributed by atoms with van der Waals surface area (Å²) in [6.45, 7) is 0. The second-order valence-electron chi connectivity index (χ2n) is 4.53. The lowest BCUT2D eigenvalue weighted by Crippen LogP contribution is -2.19. The SMILES string of the molecule is COc1cc(O)ccc1C=NNC(=O)Cc1cccc(Cl)c1. The molecule has 1 amide bonds. The van der Waals surface area contributed by atoms with Gasteiger partial charge in [-0.05, 0) is 29.8 Å². The number of benzene rings is 2. The molecule has 0 unspecified atom stereocenters. The van der Waals surface area contributed by atoms with Crippen molar-refractivity contribution in [3.8, 4) is 11.5 Å². The molecule has 2 N–H and O–H groups in total. The molecule has 0 atom stereocenters. The lowest BCUT2D eigenvalue weighted by Gasteiger charge is -2.05. The molecule has 0 saturated heterocycles. The van der Waals surface area contributed by atoms with E-state index >= 15 is 0 Å². The third kappa shape index (κ3) is 4.49. The average Bonchev–Trinajstić information content (AvgIpc) is 2.48. The Labute approximate surface area is 133 Å². The van der Waals surface area contributed by atoms with E-state index in [1.165, 1.54) is 25.5 Å². The minimum Gasteiger partial charge on any atom is -0.508 e. The first-order valence-electron chi connectivity index (χ1n) is 6.52. The summed E-state index contributed by atoms with van der Waals surface area (Å²) in [4.78, 5) is 11.8. The van der Waals surface area contributed by atoms with Crippen LogP contribution in [0.4, 0.5) is 0 Å². The fourth-order valence-corrected chi connectivity index (χ4v) is 2.07. The van der Waals surface area contributed by atoms with Crippen molar-refractivity contribution in [2.45, 2.75) is 6.42 Å². The molecule has 0 radical (unpaired) electrons. The number of hydrogen-bond acceptors (Lipinski definition) is 4. The molecule has 0 aliphatic carbocycles. The van der Waals surface area contributed by atoms with E-state index in [4.69, 9.17) is 16.3 Å². The number of hydrogen-bond donors (Lipinski definition) is 2. The first-order valence-corrected chi connectivity index (χ1v) is 6.89. The second kappa shape index (κ2) is 7.47. The quantitative estimate of drug-likeness (QED) is 0.658. The van der Waals surface area contributed by atoms with Crippen molar-refractivity contribution in [3.05, 3.63) is 58.6 Å². The topological polar surface area (TPSA) is 70.9 Å². The third-order valence-electron chi connectivity index (χ3n) is 2.86. The van der Waals surface area contributed by atoms with Gasteiger partial charge in [-0.3, -0.25) is 4.79 Å². The van der Waals surface area contributed by atoms with Gasteiger partial charge in [0.15, 0.2) is 0 Å². The number of hydrazone groups is 1. The van der Waals surface area contributed by atoms with Crippen LogP contribution >= 0.6 is 11.6 Å². The molecule has 2 aromatic rings. The summed E-state index contributed by atoms with van der Waals surface area (Å²) in [6.07, 6.45) is 1.64. The highest BCUT2D eigenvalue weighted by Gasteiger charge is 2.04. The highest BCUT2D eigenvalue weighted by molar-refractivity contribution is 6.30. The molecule has 22 heavy (non-hydrogen) atoms. The number of rotatable bonds is 5. The van der Waals surface area contributed by atoms with Crippen LogP contribution in [0, 0.1) is 0 Å². The minimum atomic E-state index is -0.253. The molecule has 114 valence electrons. The summed E-state index contributed by atoms with van der Waals surface area (Å²) in [5, 5.41) is 13.8. The molecule has 6 heteroatoms. The average molecular weight is 319 g/mol. The predicted molar refractivity (Wildman–Crippen MR) is 85.6 cm³/mol. The first kappa shape index (κ1) is 15.9. The molecule has 0 spiro atoms. The zero-order chi connectivity index (χ0) is 15.9. The molecule has 0 aliphatic heterocycles. The Bertz CT molecular complexity index is 702. The number of nitrogens with zero attached hydrogens (tertiary/aromatic N) is 1. The van der Waals surface area contributed by atoms with Crippen LogP contribution in [0.5, 0.6) is 11.5 Å². The molecule has 0 aliphatic rings. The zero-order valence-electron chi connectivity index (χ0n) is 11.9. The van der Waals surface area contributed by atoms with Crippen LogP contribution < -0.4 is 10.2 Å². The van der Waals surface area contributed by atoms with Gasteiger partial charge < -0.3 is 9.84 Å². The van der Waals surface area contributed by atoms with E-state index in [2.05, 4.69) is 10.5 Å². The summed E-state index contributed by atoms with van der Waals surface area (Å²) in [6, 6.07) is 11.7. The summed E-state index contributed by atoms with van der Waals surface area (Å²) in [7, 11) is 1.49. The molecular weight excluding hydrogens is 304 g/mol. The molecule has 2 rings (SSSR count). The Morgan fingerprint density at radius 1 is 1.36 bits per heavy atom. The van der Waals surface area contributed by atoms with Crippen LogP contribution in [0.25, 0.3) is 0 Å². The van der Waals surface area contributed by atoms with Gasteiger partial charge in [0.25, 0.3) is 0 Å². The van der Waals surface area contributed by atoms with Crippen LogP contribution in [0.2, 0.25) is 5.02 Å². The largest absolute Gasteiger partial charge is 0.508 e. The van der Waals surface area contributed by atoms with Crippen LogP contribution in [0.3, 0.4) is 0 Å². The molecule has 5 nitrogen and oxygen atoms in total. The second-order valence-corrected chi connectivity index (χ2v) is 4.96. The number of nitrogens with one attached hydrogen (secondary N) is 1. The normalized spacial score (nSPS) is 10.6. The first-order chi connectivity index (χ1) is 10.6. The van der Waals surface area contributed by atoms with Gasteiger partial charge in [-0.25, -0.2) is 5.43 Å². The number of aromatic hydroxyl groups is 1. The van der Waals surface area contributed by atoms with Gasteiger partial charge in [0.2, 0.25) is 5.91 Å². The molecule has 0 bridgehead atoms. The summed E-state index contributed by atoms with van der Waals surface area (Å²) in [5.41, 5.74) is 3.88. The number of methoxy groups -OCH3 is 1. The number of amides is 1. The van der Waals surface area contributed by atoms with Crippen molar-refractivity contribution in [2.24, 2.45) is 5.10 Å². The van der Waals surface area contributed by atoms with Crippen molar-refractivity contribution < 1.29 is 14.6 Å². The van der Waals surface area contributed by atoms with E-state index in [0.29, 0.717) is 16.3 Å². The maximum absolute atomic E-state index is 11.8. The van der Waals surface area contributed by atoms with Gasteiger partial charge in [-0.15, -0.1) is 0 Å². The Hall–Kier alpha value is -2.53. The highest BCUT2D eigenvalue weighted by Crippen LogP contribution is 2.22. The van der Waals surface area contributed by atoms with Crippen molar-refractivity contribution in [1.82, 2.24) is 5.43 Å². The van der Waals surface area contributed by atoms with Crippen LogP contribution in [0.15, 0.2) is 47.6 Å². The Balaban J connectivity index is 1.96. The van der Waals surface area contributed by atoms with Gasteiger partial charge in [0, 0.05) is 16.7 Å². The lowest BCUT2D eigenvalue weighted by molar-refractivity contribution is -0.120. The molecule has 0 aromatic heterocycles. The fraction of sp³-hybridized carbons (Fsp3) is 0.125. The predicted octanol–water partition coefficient (Wildman–Crippen LogP) is 2.75. The zero-order valence-corrected chi connectivity index (χ0v) is 12.7. The summed E-state index contributed by atoms with van der Waals surface area (Å²) >= 11 is 5.86. The van der Waals surface area contributed by atoms with Crippen molar-refractivity contribution in [1.29, 1.82) is 0 Å². The smallest absolute Gasteiger partial charge is 0.244 e. The molecule has 0 saturated carbocycles. The molecule has 0 heterocycles. The summed E-state index contributed by atoms with van der Waals surface area (Å²) < 4.78 is 5.11. The van der Waals surface area contributed by atoms with Gasteiger partial charge in [-0.2, -0.15) is 5.10 Å². The number of phenolic OH excluding ortho intramolecular Hbond substituents is 1. The van der Waals surface area contributed by atoms with Crippen LogP contribution in [0.1, 0.15) is 11.1 Å². The number of phenols is 1. The van der Waals surface area contributed by atoms with E-state index in [9.17, 15) is 9.90 Å². The molecule has 2 aromatic carbocycles. The maximum atomic E-state index is 11.8. The van der Waals surface area contributed by atoms with Crippen LogP contribution in [-0.4, -0.2) is 24.3 Å². The summed E-state index contributed by atoms with van der Waals surface area (Å²) in [5.74, 6) is 0.308. The van der Waals surface area contributed by atoms with E-state index in [-0.39, 0.29) is 18.1 Å². The molecular formula is C16H15ClN2O3. The van der Waals surface area contributed by atoms with Crippen molar-refractivity contribution >= 4 is 23.7 Å². The standard InChI is InChI=1S/C16H15ClN2O3/c1-22-15-9-14(20)6-5-12(15)10-18-19-16(21)8-11-3-2-4-13(17)7-11/h2-7,9-10,20H,8H2,1H3,(H,19,21). The Morgan fingerprint density at radius 2 is 2.18 bits per heavy atom. The lowest BCUT2D eigenvalue weighted by atomic mass is 10.1. The van der Waals surface area contributed by atoms with Gasteiger partial charge in [0.1, 0.15) is 11.5 Å². The number of ether oxygens (including phenoxy) is 1. The number of halogens is 1. The van der Waals surface area contributed by atoms with E-state index in [0.717, 1.165) is 5.56 Å². The van der Waals surface area contributed by atoms with Gasteiger partial charge in [-0.1, -0.05) is 23.7 Å². The van der Waals surface area contributed by atoms with Crippen molar-refractivity contribution in [2.75, 3.05) is 7.11 Å². The molecule has 0 fully saturated rings. The highest BCUT2D eigenvalue weighted by atomic mass is 35.5. The van der Waals surface area contributed by atoms with E-state index in [1.54, 1.807) is 24.3 Å².